The first kappa shape index (κ1) is 17.3. The van der Waals surface area contributed by atoms with E-state index in [0.717, 1.165) is 0 Å². The van der Waals surface area contributed by atoms with Crippen LogP contribution in [0.2, 0.25) is 0 Å². The largest absolute Gasteiger partial charge is 0.465 e. The van der Waals surface area contributed by atoms with Crippen molar-refractivity contribution in [1.29, 1.82) is 0 Å². The predicted octanol–water partition coefficient (Wildman–Crippen LogP) is 2.13. The van der Waals surface area contributed by atoms with Crippen molar-refractivity contribution in [3.05, 3.63) is 70.3 Å². The third-order valence-corrected chi connectivity index (χ3v) is 3.96. The van der Waals surface area contributed by atoms with Crippen molar-refractivity contribution < 1.29 is 14.3 Å². The van der Waals surface area contributed by atoms with Crippen LogP contribution < -0.4 is 10.9 Å². The summed E-state index contributed by atoms with van der Waals surface area (Å²) in [5.41, 5.74) is 0.861. The third-order valence-electron chi connectivity index (χ3n) is 3.96. The number of nitrogens with one attached hydrogen (secondary N) is 1. The summed E-state index contributed by atoms with van der Waals surface area (Å²) >= 11 is 0. The lowest BCUT2D eigenvalue weighted by Crippen LogP contribution is -2.30. The lowest BCUT2D eigenvalue weighted by molar-refractivity contribution is -0.116. The Labute approximate surface area is 149 Å². The number of esters is 1. The molecule has 0 spiro atoms. The Kier molecular flexibility index (Phi) is 4.79. The van der Waals surface area contributed by atoms with E-state index >= 15 is 0 Å². The number of hydrogen-bond donors (Lipinski definition) is 1. The molecule has 1 heterocycles. The van der Waals surface area contributed by atoms with Crippen LogP contribution in [0.3, 0.4) is 0 Å². The maximum absolute atomic E-state index is 12.6. The Hall–Kier alpha value is -3.48. The van der Waals surface area contributed by atoms with E-state index < -0.39 is 11.9 Å². The summed E-state index contributed by atoms with van der Waals surface area (Å²) in [6.07, 6.45) is 0. The molecule has 0 saturated heterocycles. The van der Waals surface area contributed by atoms with Crippen LogP contribution in [-0.4, -0.2) is 28.5 Å². The van der Waals surface area contributed by atoms with Gasteiger partial charge in [0.2, 0.25) is 5.91 Å². The van der Waals surface area contributed by atoms with Gasteiger partial charge in [-0.15, -0.1) is 0 Å². The van der Waals surface area contributed by atoms with Gasteiger partial charge in [-0.05, 0) is 31.2 Å². The molecule has 0 fully saturated rings. The number of benzene rings is 2. The zero-order chi connectivity index (χ0) is 18.7. The fourth-order valence-electron chi connectivity index (χ4n) is 2.68. The number of para-hydroxylation sites is 2. The van der Waals surface area contributed by atoms with Gasteiger partial charge in [0.15, 0.2) is 0 Å². The molecule has 0 radical (unpaired) electrons. The fourth-order valence-corrected chi connectivity index (χ4v) is 2.68. The van der Waals surface area contributed by atoms with Crippen molar-refractivity contribution in [3.8, 4) is 0 Å². The summed E-state index contributed by atoms with van der Waals surface area (Å²) in [6, 6.07) is 13.5. The molecule has 0 aliphatic carbocycles. The average molecular weight is 351 g/mol. The molecule has 0 unspecified atom stereocenters. The minimum Gasteiger partial charge on any atom is -0.465 e. The molecule has 26 heavy (non-hydrogen) atoms. The number of anilines is 1. The second-order valence-corrected chi connectivity index (χ2v) is 5.65. The van der Waals surface area contributed by atoms with E-state index in [2.05, 4.69) is 10.3 Å². The lowest BCUT2D eigenvalue weighted by atomic mass is 10.2. The Morgan fingerprint density at radius 3 is 2.58 bits per heavy atom. The van der Waals surface area contributed by atoms with Crippen LogP contribution in [0.15, 0.2) is 53.3 Å². The van der Waals surface area contributed by atoms with Gasteiger partial charge >= 0.3 is 5.97 Å². The van der Waals surface area contributed by atoms with Gasteiger partial charge in [-0.25, -0.2) is 9.78 Å². The van der Waals surface area contributed by atoms with E-state index in [4.69, 9.17) is 4.74 Å². The first-order valence-electron chi connectivity index (χ1n) is 7.94. The molecule has 1 amide bonds. The molecule has 1 N–H and O–H groups in total. The van der Waals surface area contributed by atoms with E-state index in [9.17, 15) is 14.4 Å². The number of carbonyl (C=O) groups excluding carboxylic acids is 2. The second kappa shape index (κ2) is 7.18. The SMILES string of the molecule is COC(=O)c1ccccc1NC(=O)Cn1c(C)nc2ccccc2c1=O. The topological polar surface area (TPSA) is 90.3 Å². The van der Waals surface area contributed by atoms with Crippen LogP contribution in [0.25, 0.3) is 10.9 Å². The van der Waals surface area contributed by atoms with Crippen molar-refractivity contribution in [2.24, 2.45) is 0 Å². The molecular formula is C19H17N3O4. The van der Waals surface area contributed by atoms with E-state index in [1.54, 1.807) is 55.5 Å². The number of nitrogens with zero attached hydrogens (tertiary/aromatic N) is 2. The van der Waals surface area contributed by atoms with Crippen molar-refractivity contribution in [1.82, 2.24) is 9.55 Å². The number of methoxy groups -OCH3 is 1. The molecule has 0 bridgehead atoms. The highest BCUT2D eigenvalue weighted by molar-refractivity contribution is 6.01. The highest BCUT2D eigenvalue weighted by Gasteiger charge is 2.15. The summed E-state index contributed by atoms with van der Waals surface area (Å²) in [7, 11) is 1.27. The molecule has 132 valence electrons. The van der Waals surface area contributed by atoms with Crippen LogP contribution in [0.1, 0.15) is 16.2 Å². The molecule has 0 saturated carbocycles. The zero-order valence-electron chi connectivity index (χ0n) is 14.4. The minimum absolute atomic E-state index is 0.210. The summed E-state index contributed by atoms with van der Waals surface area (Å²) in [4.78, 5) is 41.2. The number of fused-ring (bicyclic) bond motifs is 1. The standard InChI is InChI=1S/C19H17N3O4/c1-12-20-15-9-5-3-7-13(15)18(24)22(12)11-17(23)21-16-10-6-4-8-14(16)19(25)26-2/h3-10H,11H2,1-2H3,(H,21,23). The smallest absolute Gasteiger partial charge is 0.339 e. The first-order valence-corrected chi connectivity index (χ1v) is 7.94. The first-order chi connectivity index (χ1) is 12.5. The lowest BCUT2D eigenvalue weighted by Gasteiger charge is -2.12. The minimum atomic E-state index is -0.554. The van der Waals surface area contributed by atoms with Crippen molar-refractivity contribution in [3.63, 3.8) is 0 Å². The molecule has 0 aliphatic heterocycles. The Morgan fingerprint density at radius 2 is 1.81 bits per heavy atom. The maximum atomic E-state index is 12.6. The normalized spacial score (nSPS) is 10.5. The molecule has 0 aliphatic rings. The zero-order valence-corrected chi connectivity index (χ0v) is 14.4. The van der Waals surface area contributed by atoms with Crippen LogP contribution in [0, 0.1) is 6.92 Å². The Bertz CT molecular complexity index is 1060. The van der Waals surface area contributed by atoms with Gasteiger partial charge in [0, 0.05) is 0 Å². The van der Waals surface area contributed by atoms with Crippen molar-refractivity contribution >= 4 is 28.5 Å². The molecule has 7 heteroatoms. The van der Waals surface area contributed by atoms with E-state index in [0.29, 0.717) is 22.4 Å². The van der Waals surface area contributed by atoms with Crippen LogP contribution >= 0.6 is 0 Å². The van der Waals surface area contributed by atoms with Gasteiger partial charge in [-0.2, -0.15) is 0 Å². The molecule has 7 nitrogen and oxygen atoms in total. The molecule has 0 atom stereocenters. The average Bonchev–Trinajstić information content (AvgIpc) is 2.65. The Morgan fingerprint density at radius 1 is 1.12 bits per heavy atom. The van der Waals surface area contributed by atoms with Gasteiger partial charge < -0.3 is 10.1 Å². The fraction of sp³-hybridized carbons (Fsp3) is 0.158. The monoisotopic (exact) mass is 351 g/mol. The molecule has 2 aromatic carbocycles. The summed E-state index contributed by atoms with van der Waals surface area (Å²) < 4.78 is 6.01. The Balaban J connectivity index is 1.89. The highest BCUT2D eigenvalue weighted by atomic mass is 16.5. The molecular weight excluding hydrogens is 334 g/mol. The van der Waals surface area contributed by atoms with Gasteiger partial charge in [0.1, 0.15) is 12.4 Å². The number of aryl methyl sites for hydroxylation is 1. The number of rotatable bonds is 4. The second-order valence-electron chi connectivity index (χ2n) is 5.65. The van der Waals surface area contributed by atoms with Gasteiger partial charge in [0.25, 0.3) is 5.56 Å². The number of amides is 1. The van der Waals surface area contributed by atoms with Gasteiger partial charge in [-0.1, -0.05) is 24.3 Å². The van der Waals surface area contributed by atoms with E-state index in [1.165, 1.54) is 11.7 Å². The third kappa shape index (κ3) is 3.32. The van der Waals surface area contributed by atoms with Crippen molar-refractivity contribution in [2.75, 3.05) is 12.4 Å². The number of aromatic nitrogens is 2. The van der Waals surface area contributed by atoms with Gasteiger partial charge in [0.05, 0.1) is 29.3 Å². The van der Waals surface area contributed by atoms with Crippen LogP contribution in [0.5, 0.6) is 0 Å². The van der Waals surface area contributed by atoms with Crippen LogP contribution in [0.4, 0.5) is 5.69 Å². The number of hydrogen-bond acceptors (Lipinski definition) is 5. The predicted molar refractivity (Wildman–Crippen MR) is 97.2 cm³/mol. The quantitative estimate of drug-likeness (QED) is 0.727. The highest BCUT2D eigenvalue weighted by Crippen LogP contribution is 2.16. The van der Waals surface area contributed by atoms with Crippen molar-refractivity contribution in [2.45, 2.75) is 13.5 Å². The summed E-state index contributed by atoms with van der Waals surface area (Å²) in [5.74, 6) is -0.560. The number of ether oxygens (including phenoxy) is 1. The maximum Gasteiger partial charge on any atom is 0.339 e. The molecule has 3 rings (SSSR count). The van der Waals surface area contributed by atoms with Gasteiger partial charge in [-0.3, -0.25) is 14.2 Å². The number of carbonyl (C=O) groups is 2. The van der Waals surface area contributed by atoms with E-state index in [-0.39, 0.29) is 17.7 Å². The summed E-state index contributed by atoms with van der Waals surface area (Å²) in [6.45, 7) is 1.46. The summed E-state index contributed by atoms with van der Waals surface area (Å²) in [5, 5.41) is 3.09. The van der Waals surface area contributed by atoms with E-state index in [1.807, 2.05) is 0 Å². The molecule has 3 aromatic rings. The van der Waals surface area contributed by atoms with Crippen LogP contribution in [-0.2, 0) is 16.1 Å². The molecule has 1 aromatic heterocycles.